The highest BCUT2D eigenvalue weighted by molar-refractivity contribution is 5.89. The summed E-state index contributed by atoms with van der Waals surface area (Å²) in [5.74, 6) is -1.03. The van der Waals surface area contributed by atoms with Crippen LogP contribution in [-0.2, 0) is 23.9 Å². The van der Waals surface area contributed by atoms with Crippen molar-refractivity contribution < 1.29 is 23.9 Å². The molecule has 0 N–H and O–H groups in total. The van der Waals surface area contributed by atoms with Crippen LogP contribution in [0.4, 0.5) is 0 Å². The van der Waals surface area contributed by atoms with Crippen molar-refractivity contribution >= 4 is 18.2 Å². The Morgan fingerprint density at radius 3 is 2.50 bits per heavy atom. The van der Waals surface area contributed by atoms with Crippen molar-refractivity contribution in [1.29, 1.82) is 0 Å². The third-order valence-corrected chi connectivity index (χ3v) is 3.51. The number of esters is 2. The predicted octanol–water partition coefficient (Wildman–Crippen LogP) is 2.52. The van der Waals surface area contributed by atoms with Gasteiger partial charge in [0.05, 0.1) is 5.57 Å². The normalized spacial score (nSPS) is 20.6. The SMILES string of the molecule is CC=C(COC(C)=O)C(=O)O[C@@H]1C=C(C=O)C(C)(C)C=C1C. The number of carbonyl (C=O) groups is 3. The molecule has 0 aliphatic heterocycles. The van der Waals surface area contributed by atoms with Crippen molar-refractivity contribution in [2.24, 2.45) is 5.41 Å². The maximum Gasteiger partial charge on any atom is 0.338 e. The van der Waals surface area contributed by atoms with Crippen molar-refractivity contribution in [2.45, 2.75) is 40.7 Å². The molecule has 0 unspecified atom stereocenters. The van der Waals surface area contributed by atoms with Gasteiger partial charge in [-0.15, -0.1) is 0 Å². The van der Waals surface area contributed by atoms with E-state index in [1.807, 2.05) is 26.8 Å². The molecule has 5 nitrogen and oxygen atoms in total. The van der Waals surface area contributed by atoms with Crippen LogP contribution in [0.3, 0.4) is 0 Å². The molecule has 0 aromatic heterocycles. The second-order valence-electron chi connectivity index (χ2n) is 5.77. The van der Waals surface area contributed by atoms with E-state index in [0.717, 1.165) is 11.9 Å². The van der Waals surface area contributed by atoms with Gasteiger partial charge in [-0.25, -0.2) is 4.79 Å². The summed E-state index contributed by atoms with van der Waals surface area (Å²) in [6.45, 7) is 8.50. The molecule has 1 aliphatic rings. The second kappa shape index (κ2) is 7.20. The quantitative estimate of drug-likeness (QED) is 0.338. The number of carbonyl (C=O) groups excluding carboxylic acids is 3. The van der Waals surface area contributed by atoms with Gasteiger partial charge in [-0.2, -0.15) is 0 Å². The Morgan fingerprint density at radius 2 is 2.00 bits per heavy atom. The van der Waals surface area contributed by atoms with E-state index in [4.69, 9.17) is 9.47 Å². The number of ether oxygens (including phenoxy) is 2. The third kappa shape index (κ3) is 4.41. The monoisotopic (exact) mass is 306 g/mol. The van der Waals surface area contributed by atoms with Gasteiger partial charge < -0.3 is 9.47 Å². The Bertz CT molecular complexity index is 564. The van der Waals surface area contributed by atoms with E-state index in [-0.39, 0.29) is 17.6 Å². The molecule has 5 heteroatoms. The van der Waals surface area contributed by atoms with Crippen LogP contribution < -0.4 is 0 Å². The summed E-state index contributed by atoms with van der Waals surface area (Å²) in [6, 6.07) is 0. The summed E-state index contributed by atoms with van der Waals surface area (Å²) in [7, 11) is 0. The zero-order valence-corrected chi connectivity index (χ0v) is 13.6. The molecule has 1 atom stereocenters. The molecule has 0 aromatic rings. The lowest BCUT2D eigenvalue weighted by molar-refractivity contribution is -0.144. The van der Waals surface area contributed by atoms with Crippen molar-refractivity contribution in [3.05, 3.63) is 34.9 Å². The van der Waals surface area contributed by atoms with E-state index >= 15 is 0 Å². The first kappa shape index (κ1) is 17.9. The molecule has 0 saturated carbocycles. The predicted molar refractivity (Wildman–Crippen MR) is 82.0 cm³/mol. The van der Waals surface area contributed by atoms with Gasteiger partial charge in [0.2, 0.25) is 0 Å². The van der Waals surface area contributed by atoms with E-state index in [9.17, 15) is 14.4 Å². The number of hydrogen-bond donors (Lipinski definition) is 0. The van der Waals surface area contributed by atoms with Crippen LogP contribution in [0.2, 0.25) is 0 Å². The van der Waals surface area contributed by atoms with Crippen LogP contribution in [0.1, 0.15) is 34.6 Å². The van der Waals surface area contributed by atoms with Crippen LogP contribution in [0, 0.1) is 5.41 Å². The lowest BCUT2D eigenvalue weighted by Gasteiger charge is -2.30. The highest BCUT2D eigenvalue weighted by Gasteiger charge is 2.29. The first-order valence-electron chi connectivity index (χ1n) is 7.07. The van der Waals surface area contributed by atoms with Crippen molar-refractivity contribution in [3.8, 4) is 0 Å². The Balaban J connectivity index is 2.85. The van der Waals surface area contributed by atoms with E-state index in [2.05, 4.69) is 0 Å². The molecular formula is C17H22O5. The van der Waals surface area contributed by atoms with Crippen LogP contribution in [0.5, 0.6) is 0 Å². The Kier molecular flexibility index (Phi) is 5.85. The minimum atomic E-state index is -0.590. The first-order chi connectivity index (χ1) is 10.2. The molecule has 22 heavy (non-hydrogen) atoms. The number of rotatable bonds is 5. The van der Waals surface area contributed by atoms with Gasteiger partial charge in [-0.05, 0) is 25.5 Å². The number of aldehydes is 1. The minimum absolute atomic E-state index is 0.129. The van der Waals surface area contributed by atoms with E-state index < -0.39 is 18.0 Å². The maximum absolute atomic E-state index is 12.1. The van der Waals surface area contributed by atoms with Crippen molar-refractivity contribution in [1.82, 2.24) is 0 Å². The van der Waals surface area contributed by atoms with Gasteiger partial charge in [0.15, 0.2) is 0 Å². The zero-order chi connectivity index (χ0) is 16.9. The zero-order valence-electron chi connectivity index (χ0n) is 13.6. The van der Waals surface area contributed by atoms with Crippen molar-refractivity contribution in [3.63, 3.8) is 0 Å². The Morgan fingerprint density at radius 1 is 1.36 bits per heavy atom. The summed E-state index contributed by atoms with van der Waals surface area (Å²) in [6.07, 6.45) is 5.30. The second-order valence-corrected chi connectivity index (χ2v) is 5.77. The molecule has 1 rings (SSSR count). The average molecular weight is 306 g/mol. The minimum Gasteiger partial charge on any atom is -0.461 e. The summed E-state index contributed by atoms with van der Waals surface area (Å²) >= 11 is 0. The third-order valence-electron chi connectivity index (χ3n) is 3.51. The molecule has 0 aromatic carbocycles. The fourth-order valence-electron chi connectivity index (χ4n) is 2.19. The summed E-state index contributed by atoms with van der Waals surface area (Å²) in [5.41, 5.74) is 1.30. The number of allylic oxidation sites excluding steroid dienone is 3. The van der Waals surface area contributed by atoms with Crippen molar-refractivity contribution in [2.75, 3.05) is 6.61 Å². The molecule has 0 heterocycles. The average Bonchev–Trinajstić information content (AvgIpc) is 2.41. The molecule has 0 bridgehead atoms. The highest BCUT2D eigenvalue weighted by atomic mass is 16.6. The van der Waals surface area contributed by atoms with Crippen LogP contribution in [0.15, 0.2) is 34.9 Å². The van der Waals surface area contributed by atoms with Gasteiger partial charge >= 0.3 is 11.9 Å². The summed E-state index contributed by atoms with van der Waals surface area (Å²) in [4.78, 5) is 34.1. The molecule has 0 saturated heterocycles. The van der Waals surface area contributed by atoms with E-state index in [1.165, 1.54) is 6.92 Å². The van der Waals surface area contributed by atoms with E-state index in [1.54, 1.807) is 19.1 Å². The van der Waals surface area contributed by atoms with Crippen LogP contribution in [0.25, 0.3) is 0 Å². The van der Waals surface area contributed by atoms with Crippen LogP contribution in [-0.4, -0.2) is 30.9 Å². The van der Waals surface area contributed by atoms with Gasteiger partial charge in [0.25, 0.3) is 0 Å². The van der Waals surface area contributed by atoms with E-state index in [0.29, 0.717) is 5.57 Å². The smallest absolute Gasteiger partial charge is 0.338 e. The number of hydrogen-bond acceptors (Lipinski definition) is 5. The van der Waals surface area contributed by atoms with Crippen LogP contribution >= 0.6 is 0 Å². The molecule has 0 fully saturated rings. The first-order valence-corrected chi connectivity index (χ1v) is 7.07. The van der Waals surface area contributed by atoms with Gasteiger partial charge in [0, 0.05) is 17.9 Å². The summed E-state index contributed by atoms with van der Waals surface area (Å²) in [5, 5.41) is 0. The fraction of sp³-hybridized carbons (Fsp3) is 0.471. The molecule has 0 spiro atoms. The van der Waals surface area contributed by atoms with Gasteiger partial charge in [0.1, 0.15) is 19.0 Å². The molecule has 1 aliphatic carbocycles. The molecular weight excluding hydrogens is 284 g/mol. The van der Waals surface area contributed by atoms with Gasteiger partial charge in [-0.1, -0.05) is 26.0 Å². The Hall–Kier alpha value is -2.17. The Labute approximate surface area is 130 Å². The summed E-state index contributed by atoms with van der Waals surface area (Å²) < 4.78 is 10.2. The topological polar surface area (TPSA) is 69.7 Å². The van der Waals surface area contributed by atoms with Gasteiger partial charge in [-0.3, -0.25) is 9.59 Å². The molecule has 0 radical (unpaired) electrons. The molecule has 120 valence electrons. The lowest BCUT2D eigenvalue weighted by atomic mass is 9.78. The largest absolute Gasteiger partial charge is 0.461 e. The molecule has 0 amide bonds. The maximum atomic E-state index is 12.1. The lowest BCUT2D eigenvalue weighted by Crippen LogP contribution is -2.28. The standard InChI is InChI=1S/C17H22O5/c1-6-13(10-21-12(3)19)16(20)22-15-7-14(9-18)17(4,5)8-11(15)2/h6-9,15H,10H2,1-5H3/t15-/m1/s1. The highest BCUT2D eigenvalue weighted by Crippen LogP contribution is 2.34. The fourth-order valence-corrected chi connectivity index (χ4v) is 2.19.